The van der Waals surface area contributed by atoms with E-state index in [4.69, 9.17) is 14.0 Å². The van der Waals surface area contributed by atoms with E-state index in [2.05, 4.69) is 56.3 Å². The van der Waals surface area contributed by atoms with Crippen molar-refractivity contribution in [3.05, 3.63) is 24.0 Å². The van der Waals surface area contributed by atoms with Crippen LogP contribution in [0.25, 0.3) is 11.0 Å². The number of aromatic amines is 1. The topological polar surface area (TPSA) is 47.4 Å². The summed E-state index contributed by atoms with van der Waals surface area (Å²) >= 11 is 0. The fraction of sp³-hybridized carbons (Fsp3) is 0.632. The Morgan fingerprint density at radius 3 is 2.48 bits per heavy atom. The molecule has 1 aromatic heterocycles. The van der Waals surface area contributed by atoms with Gasteiger partial charge in [0, 0.05) is 6.42 Å². The van der Waals surface area contributed by atoms with Crippen molar-refractivity contribution in [1.82, 2.24) is 4.98 Å². The van der Waals surface area contributed by atoms with Crippen LogP contribution in [-0.4, -0.2) is 29.9 Å². The van der Waals surface area contributed by atoms with Gasteiger partial charge in [0.05, 0.1) is 17.8 Å². The highest BCUT2D eigenvalue weighted by atomic mass is 16.7. The van der Waals surface area contributed by atoms with Gasteiger partial charge in [-0.3, -0.25) is 0 Å². The maximum absolute atomic E-state index is 6.24. The Balaban J connectivity index is 1.74. The summed E-state index contributed by atoms with van der Waals surface area (Å²) in [6.07, 6.45) is 5.55. The zero-order chi connectivity index (χ0) is 17.8. The lowest BCUT2D eigenvalue weighted by atomic mass is 9.78. The van der Waals surface area contributed by atoms with Gasteiger partial charge in [-0.1, -0.05) is 6.07 Å². The standard InChI is InChI=1S/C19H27BN2O3/c1-13-10-14(20-24-18(2,3)19(4,5)25-20)11-15-17(13)21-12-22(15)16-8-6-7-9-23-16/h10-12,16H,6-9H2,1-5H3/p+1. The zero-order valence-corrected chi connectivity index (χ0v) is 15.9. The van der Waals surface area contributed by atoms with Gasteiger partial charge in [0.2, 0.25) is 12.6 Å². The second-order valence-corrected chi connectivity index (χ2v) is 8.32. The van der Waals surface area contributed by atoms with Crippen molar-refractivity contribution in [2.45, 2.75) is 71.3 Å². The van der Waals surface area contributed by atoms with Gasteiger partial charge >= 0.3 is 7.12 Å². The van der Waals surface area contributed by atoms with Crippen LogP contribution in [-0.2, 0) is 14.0 Å². The number of fused-ring (bicyclic) bond motifs is 1. The molecule has 0 amide bonds. The lowest BCUT2D eigenvalue weighted by Gasteiger charge is -2.32. The first-order chi connectivity index (χ1) is 11.8. The fourth-order valence-corrected chi connectivity index (χ4v) is 3.69. The first-order valence-corrected chi connectivity index (χ1v) is 9.28. The monoisotopic (exact) mass is 343 g/mol. The average molecular weight is 343 g/mol. The van der Waals surface area contributed by atoms with Crippen LogP contribution in [0.2, 0.25) is 0 Å². The molecule has 0 aliphatic carbocycles. The molecule has 134 valence electrons. The van der Waals surface area contributed by atoms with Crippen LogP contribution in [0.4, 0.5) is 0 Å². The molecule has 3 heterocycles. The molecule has 2 aliphatic rings. The van der Waals surface area contributed by atoms with E-state index in [1.165, 1.54) is 12.0 Å². The van der Waals surface area contributed by atoms with Crippen LogP contribution in [0.3, 0.4) is 0 Å². The summed E-state index contributed by atoms with van der Waals surface area (Å²) in [7, 11) is -0.344. The van der Waals surface area contributed by atoms with Crippen molar-refractivity contribution in [2.75, 3.05) is 6.61 Å². The van der Waals surface area contributed by atoms with Gasteiger partial charge in [-0.15, -0.1) is 0 Å². The molecule has 2 fully saturated rings. The minimum absolute atomic E-state index is 0.107. The van der Waals surface area contributed by atoms with Crippen molar-refractivity contribution in [3.8, 4) is 0 Å². The van der Waals surface area contributed by atoms with Gasteiger partial charge in [0.25, 0.3) is 0 Å². The van der Waals surface area contributed by atoms with Crippen LogP contribution >= 0.6 is 0 Å². The number of H-pyrrole nitrogens is 1. The number of benzene rings is 1. The van der Waals surface area contributed by atoms with Crippen molar-refractivity contribution in [3.63, 3.8) is 0 Å². The predicted octanol–water partition coefficient (Wildman–Crippen LogP) is 2.76. The Hall–Kier alpha value is -1.37. The highest BCUT2D eigenvalue weighted by Gasteiger charge is 2.52. The molecule has 2 aliphatic heterocycles. The quantitative estimate of drug-likeness (QED) is 0.674. The van der Waals surface area contributed by atoms with Gasteiger partial charge in [0.15, 0.2) is 11.0 Å². The molecule has 1 N–H and O–H groups in total. The predicted molar refractivity (Wildman–Crippen MR) is 97.8 cm³/mol. The summed E-state index contributed by atoms with van der Waals surface area (Å²) in [5.41, 5.74) is 3.89. The number of imidazole rings is 1. The maximum Gasteiger partial charge on any atom is 0.495 e. The molecule has 2 aromatic rings. The van der Waals surface area contributed by atoms with E-state index < -0.39 is 0 Å². The van der Waals surface area contributed by atoms with E-state index in [1.807, 2.05) is 6.33 Å². The van der Waals surface area contributed by atoms with E-state index >= 15 is 0 Å². The van der Waals surface area contributed by atoms with E-state index in [9.17, 15) is 0 Å². The largest absolute Gasteiger partial charge is 0.495 e. The number of aromatic nitrogens is 2. The van der Waals surface area contributed by atoms with Gasteiger partial charge in [-0.05, 0) is 64.6 Å². The number of aryl methyl sites for hydroxylation is 1. The summed E-state index contributed by atoms with van der Waals surface area (Å²) in [6.45, 7) is 11.3. The molecular formula is C19H28BN2O3+. The molecule has 1 atom stereocenters. The number of hydrogen-bond donors (Lipinski definition) is 1. The molecule has 0 spiro atoms. The summed E-state index contributed by atoms with van der Waals surface area (Å²) in [5, 5.41) is 0. The minimum Gasteiger partial charge on any atom is -0.399 e. The van der Waals surface area contributed by atoms with Crippen LogP contribution < -0.4 is 10.0 Å². The lowest BCUT2D eigenvalue weighted by Crippen LogP contribution is -2.42. The molecule has 0 bridgehead atoms. The summed E-state index contributed by atoms with van der Waals surface area (Å²) in [5.74, 6) is 0. The molecule has 2 saturated heterocycles. The fourth-order valence-electron chi connectivity index (χ4n) is 3.69. The molecule has 0 saturated carbocycles. The highest BCUT2D eigenvalue weighted by molar-refractivity contribution is 6.62. The Morgan fingerprint density at radius 2 is 1.84 bits per heavy atom. The molecule has 25 heavy (non-hydrogen) atoms. The van der Waals surface area contributed by atoms with Crippen molar-refractivity contribution >= 4 is 23.6 Å². The smallest absolute Gasteiger partial charge is 0.399 e. The maximum atomic E-state index is 6.24. The van der Waals surface area contributed by atoms with Crippen LogP contribution in [0, 0.1) is 6.92 Å². The number of nitrogens with one attached hydrogen (secondary N) is 1. The summed E-state index contributed by atoms with van der Waals surface area (Å²) in [6, 6.07) is 4.34. The zero-order valence-electron chi connectivity index (χ0n) is 15.9. The summed E-state index contributed by atoms with van der Waals surface area (Å²) < 4.78 is 20.7. The molecular weight excluding hydrogens is 315 g/mol. The molecule has 6 heteroatoms. The van der Waals surface area contributed by atoms with Gasteiger partial charge in [-0.2, -0.15) is 0 Å². The Morgan fingerprint density at radius 1 is 1.12 bits per heavy atom. The van der Waals surface area contributed by atoms with Crippen LogP contribution in [0.5, 0.6) is 0 Å². The first-order valence-electron chi connectivity index (χ1n) is 9.28. The van der Waals surface area contributed by atoms with Gasteiger partial charge < -0.3 is 14.0 Å². The van der Waals surface area contributed by atoms with Crippen LogP contribution in [0.15, 0.2) is 18.5 Å². The molecule has 0 radical (unpaired) electrons. The molecule has 1 unspecified atom stereocenters. The number of ether oxygens (including phenoxy) is 1. The molecule has 4 rings (SSSR count). The Labute approximate surface area is 149 Å². The van der Waals surface area contributed by atoms with Gasteiger partial charge in [-0.25, -0.2) is 9.55 Å². The van der Waals surface area contributed by atoms with Crippen molar-refractivity contribution in [2.24, 2.45) is 0 Å². The third-order valence-electron chi connectivity index (χ3n) is 5.95. The van der Waals surface area contributed by atoms with Crippen LogP contribution in [0.1, 0.15) is 58.7 Å². The van der Waals surface area contributed by atoms with E-state index in [0.717, 1.165) is 35.9 Å². The Kier molecular flexibility index (Phi) is 3.98. The third-order valence-corrected chi connectivity index (χ3v) is 5.95. The normalized spacial score (nSPS) is 25.6. The van der Waals surface area contributed by atoms with Gasteiger partial charge in [0.1, 0.15) is 0 Å². The molecule has 1 aromatic carbocycles. The van der Waals surface area contributed by atoms with Crippen molar-refractivity contribution < 1.29 is 18.6 Å². The SMILES string of the molecule is Cc1cc(B2OC(C)(C)C(C)(C)O2)cc2c1[nH]c[n+]2C1CCCCO1. The lowest BCUT2D eigenvalue weighted by molar-refractivity contribution is -0.743. The number of nitrogens with zero attached hydrogens (tertiary/aromatic N) is 1. The highest BCUT2D eigenvalue weighted by Crippen LogP contribution is 2.36. The minimum atomic E-state index is -0.344. The molecule has 5 nitrogen and oxygen atoms in total. The number of hydrogen-bond acceptors (Lipinski definition) is 3. The van der Waals surface area contributed by atoms with E-state index in [-0.39, 0.29) is 24.5 Å². The third kappa shape index (κ3) is 2.80. The second kappa shape index (κ2) is 5.83. The van der Waals surface area contributed by atoms with E-state index in [1.54, 1.807) is 0 Å². The Bertz CT molecular complexity index is 777. The average Bonchev–Trinajstić information content (AvgIpc) is 3.07. The summed E-state index contributed by atoms with van der Waals surface area (Å²) in [4.78, 5) is 3.41. The first kappa shape index (κ1) is 17.1. The van der Waals surface area contributed by atoms with E-state index in [0.29, 0.717) is 0 Å². The number of rotatable bonds is 2. The van der Waals surface area contributed by atoms with Crippen molar-refractivity contribution in [1.29, 1.82) is 0 Å². The second-order valence-electron chi connectivity index (χ2n) is 8.32.